The Hall–Kier alpha value is -3.53. The van der Waals surface area contributed by atoms with Crippen molar-refractivity contribution in [2.45, 2.75) is 58.3 Å². The van der Waals surface area contributed by atoms with Gasteiger partial charge in [-0.3, -0.25) is 0 Å². The quantitative estimate of drug-likeness (QED) is 0.465. The fourth-order valence-corrected chi connectivity index (χ4v) is 4.71. The minimum absolute atomic E-state index is 0.291. The van der Waals surface area contributed by atoms with Gasteiger partial charge in [-0.2, -0.15) is 0 Å². The second-order valence-electron chi connectivity index (χ2n) is 10.6. The maximum absolute atomic E-state index is 12.6. The Morgan fingerprint density at radius 1 is 1.18 bits per heavy atom. The van der Waals surface area contributed by atoms with E-state index in [9.17, 15) is 4.79 Å². The molecule has 1 aromatic carbocycles. The van der Waals surface area contributed by atoms with E-state index < -0.39 is 11.3 Å². The summed E-state index contributed by atoms with van der Waals surface area (Å²) >= 11 is 0. The first-order valence-corrected chi connectivity index (χ1v) is 13.0. The Kier molecular flexibility index (Phi) is 8.30. The van der Waals surface area contributed by atoms with Crippen LogP contribution in [0.1, 0.15) is 51.3 Å². The number of hydrogen-bond acceptors (Lipinski definition) is 8. The summed E-state index contributed by atoms with van der Waals surface area (Å²) in [4.78, 5) is 26.9. The van der Waals surface area contributed by atoms with Crippen molar-refractivity contribution in [2.75, 3.05) is 40.5 Å². The molecule has 2 aliphatic heterocycles. The van der Waals surface area contributed by atoms with E-state index in [2.05, 4.69) is 15.0 Å². The van der Waals surface area contributed by atoms with E-state index in [1.807, 2.05) is 68.8 Å². The van der Waals surface area contributed by atoms with Crippen LogP contribution in [0.2, 0.25) is 0 Å². The molecule has 1 spiro atoms. The number of aryl methyl sites for hydroxylation is 1. The van der Waals surface area contributed by atoms with Crippen LogP contribution in [0.25, 0.3) is 11.8 Å². The number of oxime groups is 1. The molecule has 38 heavy (non-hydrogen) atoms. The monoisotopic (exact) mass is 525 g/mol. The number of rotatable bonds is 8. The number of likely N-dealkylation sites (tertiary alicyclic amines) is 1. The number of aromatic nitrogens is 2. The van der Waals surface area contributed by atoms with Crippen molar-refractivity contribution in [3.8, 4) is 11.4 Å². The zero-order valence-corrected chi connectivity index (χ0v) is 23.3. The number of nitrogens with zero attached hydrogens (tertiary/aromatic N) is 5. The molecule has 1 aromatic heterocycles. The molecule has 0 aliphatic carbocycles. The van der Waals surface area contributed by atoms with Crippen molar-refractivity contribution in [1.29, 1.82) is 0 Å². The number of methoxy groups -OCH3 is 2. The van der Waals surface area contributed by atoms with Gasteiger partial charge in [0.05, 0.1) is 24.8 Å². The van der Waals surface area contributed by atoms with Crippen LogP contribution in [0.15, 0.2) is 42.0 Å². The van der Waals surface area contributed by atoms with Crippen LogP contribution in [-0.2, 0) is 14.3 Å². The predicted octanol–water partition coefficient (Wildman–Crippen LogP) is 4.61. The molecule has 206 valence electrons. The fraction of sp³-hybridized carbons (Fsp3) is 0.536. The van der Waals surface area contributed by atoms with Crippen LogP contribution in [0.3, 0.4) is 0 Å². The minimum Gasteiger partial charge on any atom is -0.495 e. The summed E-state index contributed by atoms with van der Waals surface area (Å²) in [6.45, 7) is 10.0. The van der Waals surface area contributed by atoms with Crippen molar-refractivity contribution in [1.82, 2.24) is 19.4 Å². The van der Waals surface area contributed by atoms with Gasteiger partial charge < -0.3 is 33.4 Å². The maximum atomic E-state index is 12.6. The first kappa shape index (κ1) is 27.5. The summed E-state index contributed by atoms with van der Waals surface area (Å²) in [5.74, 6) is 1.50. The molecule has 2 aliphatic rings. The first-order valence-electron chi connectivity index (χ1n) is 13.0. The third kappa shape index (κ3) is 6.30. The lowest BCUT2D eigenvalue weighted by atomic mass is 9.98. The van der Waals surface area contributed by atoms with E-state index in [4.69, 9.17) is 19.0 Å². The van der Waals surface area contributed by atoms with Crippen LogP contribution < -0.4 is 4.74 Å². The van der Waals surface area contributed by atoms with Gasteiger partial charge in [-0.05, 0) is 57.9 Å². The van der Waals surface area contributed by atoms with E-state index in [0.717, 1.165) is 41.5 Å². The van der Waals surface area contributed by atoms with Crippen LogP contribution in [0.4, 0.5) is 4.79 Å². The van der Waals surface area contributed by atoms with E-state index in [1.165, 1.54) is 0 Å². The molecule has 0 N–H and O–H groups in total. The number of piperidine rings is 1. The summed E-state index contributed by atoms with van der Waals surface area (Å²) in [6.07, 6.45) is 9.52. The highest BCUT2D eigenvalue weighted by Gasteiger charge is 2.48. The largest absolute Gasteiger partial charge is 0.495 e. The van der Waals surface area contributed by atoms with Crippen molar-refractivity contribution in [2.24, 2.45) is 5.16 Å². The predicted molar refractivity (Wildman–Crippen MR) is 145 cm³/mol. The second-order valence-corrected chi connectivity index (χ2v) is 10.6. The zero-order valence-electron chi connectivity index (χ0n) is 23.3. The summed E-state index contributed by atoms with van der Waals surface area (Å²) in [6, 6.07) is 6.03. The van der Waals surface area contributed by atoms with Crippen LogP contribution in [-0.4, -0.2) is 83.1 Å². The molecule has 10 heteroatoms. The van der Waals surface area contributed by atoms with E-state index in [0.29, 0.717) is 32.5 Å². The van der Waals surface area contributed by atoms with Crippen LogP contribution in [0, 0.1) is 6.92 Å². The van der Waals surface area contributed by atoms with Gasteiger partial charge in [-0.1, -0.05) is 17.3 Å². The Morgan fingerprint density at radius 3 is 2.58 bits per heavy atom. The smallest absolute Gasteiger partial charge is 0.410 e. The topological polar surface area (TPSA) is 90.6 Å². The number of hydrogen-bond donors (Lipinski definition) is 0. The maximum Gasteiger partial charge on any atom is 0.410 e. The molecular formula is C28H39N5O5. The van der Waals surface area contributed by atoms with Gasteiger partial charge in [0.2, 0.25) is 5.72 Å². The van der Waals surface area contributed by atoms with E-state index >= 15 is 0 Å². The average Bonchev–Trinajstić information content (AvgIpc) is 3.45. The van der Waals surface area contributed by atoms with Gasteiger partial charge in [0.1, 0.15) is 11.4 Å². The lowest BCUT2D eigenvalue weighted by Gasteiger charge is -2.43. The zero-order chi connectivity index (χ0) is 27.3. The highest BCUT2D eigenvalue weighted by atomic mass is 16.7. The molecule has 0 bridgehead atoms. The molecule has 1 fully saturated rings. The first-order chi connectivity index (χ1) is 18.1. The molecule has 0 unspecified atom stereocenters. The Morgan fingerprint density at radius 2 is 1.95 bits per heavy atom. The number of amidine groups is 1. The van der Waals surface area contributed by atoms with Gasteiger partial charge in [0, 0.05) is 52.4 Å². The molecule has 0 radical (unpaired) electrons. The molecule has 2 aromatic rings. The number of amides is 1. The number of carbonyl (C=O) groups excluding carboxylic acids is 1. The fourth-order valence-electron chi connectivity index (χ4n) is 4.71. The summed E-state index contributed by atoms with van der Waals surface area (Å²) < 4.78 is 18.5. The molecular weight excluding hydrogens is 486 g/mol. The third-order valence-corrected chi connectivity index (χ3v) is 6.62. The number of imidazole rings is 1. The molecule has 1 amide bonds. The molecule has 10 nitrogen and oxygen atoms in total. The van der Waals surface area contributed by atoms with Crippen LogP contribution in [0.5, 0.6) is 5.75 Å². The SMILES string of the molecule is COCCCN1C(/C=C/c2ccc(-n3cnc(C)c3)c(OC)c2)=NOC12CCN(C(=O)OC(C)(C)C)CC2. The average molecular weight is 526 g/mol. The van der Waals surface area contributed by atoms with Gasteiger partial charge in [-0.15, -0.1) is 0 Å². The molecule has 0 atom stereocenters. The number of carbonyl (C=O) groups is 1. The Labute approximate surface area is 224 Å². The Balaban J connectivity index is 1.48. The second kappa shape index (κ2) is 11.5. The summed E-state index contributed by atoms with van der Waals surface area (Å²) in [5, 5.41) is 4.46. The van der Waals surface area contributed by atoms with Gasteiger partial charge in [-0.25, -0.2) is 9.78 Å². The summed E-state index contributed by atoms with van der Waals surface area (Å²) in [5.41, 5.74) is 1.72. The van der Waals surface area contributed by atoms with Crippen molar-refractivity contribution in [3.05, 3.63) is 48.1 Å². The number of ether oxygens (including phenoxy) is 3. The molecule has 3 heterocycles. The lowest BCUT2D eigenvalue weighted by molar-refractivity contribution is -0.132. The Bertz CT molecular complexity index is 1170. The third-order valence-electron chi connectivity index (χ3n) is 6.62. The van der Waals surface area contributed by atoms with Gasteiger partial charge >= 0.3 is 6.09 Å². The van der Waals surface area contributed by atoms with Gasteiger partial charge in [0.15, 0.2) is 5.84 Å². The standard InChI is InChI=1S/C28H39N5O5/c1-21-19-32(20-29-21)23-10-8-22(18-24(23)36-6)9-11-25-30-38-28(33(25)14-7-17-35-5)12-15-31(16-13-28)26(34)37-27(2,3)4/h8-11,18-20H,7,12-17H2,1-6H3/b11-9+. The molecule has 1 saturated heterocycles. The molecule has 4 rings (SSSR count). The summed E-state index contributed by atoms with van der Waals surface area (Å²) in [7, 11) is 3.36. The lowest BCUT2D eigenvalue weighted by Crippen LogP contribution is -2.56. The van der Waals surface area contributed by atoms with E-state index in [1.54, 1.807) is 25.4 Å². The highest BCUT2D eigenvalue weighted by molar-refractivity contribution is 5.97. The number of benzene rings is 1. The molecule has 0 saturated carbocycles. The van der Waals surface area contributed by atoms with Crippen molar-refractivity contribution in [3.63, 3.8) is 0 Å². The van der Waals surface area contributed by atoms with Crippen LogP contribution >= 0.6 is 0 Å². The van der Waals surface area contributed by atoms with E-state index in [-0.39, 0.29) is 6.09 Å². The van der Waals surface area contributed by atoms with Crippen molar-refractivity contribution < 1.29 is 23.8 Å². The van der Waals surface area contributed by atoms with Gasteiger partial charge in [0.25, 0.3) is 0 Å². The highest BCUT2D eigenvalue weighted by Crippen LogP contribution is 2.36. The minimum atomic E-state index is -0.591. The van der Waals surface area contributed by atoms with Crippen molar-refractivity contribution >= 4 is 18.0 Å². The normalized spacial score (nSPS) is 17.2.